The lowest BCUT2D eigenvalue weighted by molar-refractivity contribution is -0.121. The average Bonchev–Trinajstić information content (AvgIpc) is 3.05. The number of amides is 2. The van der Waals surface area contributed by atoms with E-state index >= 15 is 0 Å². The minimum atomic E-state index is -0.526. The standard InChI is InChI=1S/C17H19N3O4S/c1-3-7-20-13-8-11(5-6-14(13)24-9-15(20)21)12-10-25-16(18-12)19-17(22)23-4-2/h5-6,8,10H,3-4,7,9H2,1-2H3,(H,18,19,22). The number of aromatic nitrogens is 1. The number of benzene rings is 1. The fourth-order valence-corrected chi connectivity index (χ4v) is 3.25. The predicted molar refractivity (Wildman–Crippen MR) is 96.3 cm³/mol. The first-order valence-corrected chi connectivity index (χ1v) is 8.97. The maximum absolute atomic E-state index is 12.1. The first kappa shape index (κ1) is 17.2. The predicted octanol–water partition coefficient (Wildman–Crippen LogP) is 3.51. The highest BCUT2D eigenvalue weighted by Gasteiger charge is 2.25. The summed E-state index contributed by atoms with van der Waals surface area (Å²) in [5.41, 5.74) is 2.32. The van der Waals surface area contributed by atoms with Gasteiger partial charge in [-0.25, -0.2) is 9.78 Å². The molecular formula is C17H19N3O4S. The van der Waals surface area contributed by atoms with Crippen LogP contribution < -0.4 is 15.0 Å². The Labute approximate surface area is 149 Å². The molecule has 8 heteroatoms. The van der Waals surface area contributed by atoms with E-state index in [-0.39, 0.29) is 12.5 Å². The van der Waals surface area contributed by atoms with Gasteiger partial charge < -0.3 is 14.4 Å². The van der Waals surface area contributed by atoms with Gasteiger partial charge in [-0.2, -0.15) is 0 Å². The van der Waals surface area contributed by atoms with Crippen molar-refractivity contribution in [3.05, 3.63) is 23.6 Å². The van der Waals surface area contributed by atoms with Crippen molar-refractivity contribution in [1.82, 2.24) is 4.98 Å². The van der Waals surface area contributed by atoms with E-state index in [2.05, 4.69) is 10.3 Å². The van der Waals surface area contributed by atoms with Crippen LogP contribution in [0.5, 0.6) is 5.75 Å². The Kier molecular flexibility index (Phi) is 5.18. The van der Waals surface area contributed by atoms with E-state index in [0.717, 1.165) is 17.7 Å². The molecule has 0 unspecified atom stereocenters. The van der Waals surface area contributed by atoms with Crippen LogP contribution in [-0.2, 0) is 9.53 Å². The summed E-state index contributed by atoms with van der Waals surface area (Å²) in [6.45, 7) is 4.78. The Morgan fingerprint density at radius 2 is 2.28 bits per heavy atom. The second-order valence-electron chi connectivity index (χ2n) is 5.40. The van der Waals surface area contributed by atoms with Crippen LogP contribution in [-0.4, -0.2) is 36.7 Å². The number of rotatable bonds is 5. The van der Waals surface area contributed by atoms with Crippen molar-refractivity contribution in [3.63, 3.8) is 0 Å². The summed E-state index contributed by atoms with van der Waals surface area (Å²) in [5.74, 6) is 0.645. The topological polar surface area (TPSA) is 80.8 Å². The number of carbonyl (C=O) groups excluding carboxylic acids is 2. The number of ether oxygens (including phenoxy) is 2. The Balaban J connectivity index is 1.86. The van der Waals surface area contributed by atoms with Crippen molar-refractivity contribution in [3.8, 4) is 17.0 Å². The van der Waals surface area contributed by atoms with Crippen molar-refractivity contribution in [1.29, 1.82) is 0 Å². The lowest BCUT2D eigenvalue weighted by Gasteiger charge is -2.29. The fourth-order valence-electron chi connectivity index (χ4n) is 2.55. The smallest absolute Gasteiger partial charge is 0.413 e. The van der Waals surface area contributed by atoms with E-state index in [4.69, 9.17) is 9.47 Å². The molecule has 0 saturated heterocycles. The number of fused-ring (bicyclic) bond motifs is 1. The molecule has 1 aliphatic heterocycles. The Hall–Kier alpha value is -2.61. The molecule has 1 aromatic heterocycles. The van der Waals surface area contributed by atoms with Crippen LogP contribution in [0.4, 0.5) is 15.6 Å². The first-order chi connectivity index (χ1) is 12.1. The summed E-state index contributed by atoms with van der Waals surface area (Å²) >= 11 is 1.31. The van der Waals surface area contributed by atoms with Gasteiger partial charge in [0.15, 0.2) is 11.7 Å². The molecule has 0 atom stereocenters. The molecule has 0 spiro atoms. The van der Waals surface area contributed by atoms with Gasteiger partial charge in [-0.3, -0.25) is 10.1 Å². The SMILES string of the molecule is CCCN1C(=O)COc2ccc(-c3csc(NC(=O)OCC)n3)cc21. The zero-order chi connectivity index (χ0) is 17.8. The first-order valence-electron chi connectivity index (χ1n) is 8.09. The van der Waals surface area contributed by atoms with Gasteiger partial charge >= 0.3 is 6.09 Å². The molecule has 0 aliphatic carbocycles. The zero-order valence-corrected chi connectivity index (χ0v) is 14.9. The van der Waals surface area contributed by atoms with E-state index in [9.17, 15) is 9.59 Å². The summed E-state index contributed by atoms with van der Waals surface area (Å²) in [6.07, 6.45) is 0.335. The highest BCUT2D eigenvalue weighted by Crippen LogP contribution is 2.36. The molecular weight excluding hydrogens is 342 g/mol. The van der Waals surface area contributed by atoms with Crippen molar-refractivity contribution < 1.29 is 19.1 Å². The molecule has 0 radical (unpaired) electrons. The number of nitrogens with zero attached hydrogens (tertiary/aromatic N) is 2. The molecule has 0 bridgehead atoms. The van der Waals surface area contributed by atoms with E-state index in [1.54, 1.807) is 11.8 Å². The molecule has 1 aromatic carbocycles. The summed E-state index contributed by atoms with van der Waals surface area (Å²) in [4.78, 5) is 29.7. The zero-order valence-electron chi connectivity index (χ0n) is 14.1. The number of anilines is 2. The molecule has 0 fully saturated rings. The second-order valence-corrected chi connectivity index (χ2v) is 6.26. The summed E-state index contributed by atoms with van der Waals surface area (Å²) in [6, 6.07) is 5.63. The van der Waals surface area contributed by atoms with Gasteiger partial charge in [-0.1, -0.05) is 6.92 Å². The van der Waals surface area contributed by atoms with Crippen molar-refractivity contribution in [2.45, 2.75) is 20.3 Å². The van der Waals surface area contributed by atoms with Crippen molar-refractivity contribution in [2.24, 2.45) is 0 Å². The van der Waals surface area contributed by atoms with Crippen LogP contribution in [0, 0.1) is 0 Å². The van der Waals surface area contributed by atoms with Gasteiger partial charge in [0, 0.05) is 17.5 Å². The average molecular weight is 361 g/mol. The lowest BCUT2D eigenvalue weighted by atomic mass is 10.1. The molecule has 1 aliphatic rings. The van der Waals surface area contributed by atoms with Gasteiger partial charge in [0.05, 0.1) is 18.0 Å². The van der Waals surface area contributed by atoms with Gasteiger partial charge in [0.1, 0.15) is 5.75 Å². The number of nitrogens with one attached hydrogen (secondary N) is 1. The molecule has 2 heterocycles. The summed E-state index contributed by atoms with van der Waals surface area (Å²) in [7, 11) is 0. The van der Waals surface area contributed by atoms with E-state index < -0.39 is 6.09 Å². The molecule has 2 aromatic rings. The maximum Gasteiger partial charge on any atom is 0.413 e. The Bertz CT molecular complexity index is 790. The number of hydrogen-bond acceptors (Lipinski definition) is 6. The quantitative estimate of drug-likeness (QED) is 0.881. The third kappa shape index (κ3) is 3.74. The Morgan fingerprint density at radius 3 is 3.04 bits per heavy atom. The van der Waals surface area contributed by atoms with Crippen LogP contribution in [0.15, 0.2) is 23.6 Å². The number of hydrogen-bond donors (Lipinski definition) is 1. The van der Waals surface area contributed by atoms with Crippen molar-refractivity contribution >= 4 is 34.2 Å². The van der Waals surface area contributed by atoms with E-state index in [1.807, 2.05) is 30.5 Å². The largest absolute Gasteiger partial charge is 0.482 e. The summed E-state index contributed by atoms with van der Waals surface area (Å²) in [5, 5.41) is 4.90. The Morgan fingerprint density at radius 1 is 1.44 bits per heavy atom. The molecule has 25 heavy (non-hydrogen) atoms. The third-order valence-corrected chi connectivity index (χ3v) is 4.39. The summed E-state index contributed by atoms with van der Waals surface area (Å²) < 4.78 is 10.3. The molecule has 132 valence electrons. The van der Waals surface area contributed by atoms with Crippen LogP contribution in [0.2, 0.25) is 0 Å². The molecule has 1 N–H and O–H groups in total. The minimum Gasteiger partial charge on any atom is -0.482 e. The lowest BCUT2D eigenvalue weighted by Crippen LogP contribution is -2.39. The molecule has 7 nitrogen and oxygen atoms in total. The van der Waals surface area contributed by atoms with E-state index in [0.29, 0.717) is 29.7 Å². The van der Waals surface area contributed by atoms with E-state index in [1.165, 1.54) is 11.3 Å². The third-order valence-electron chi connectivity index (χ3n) is 3.63. The fraction of sp³-hybridized carbons (Fsp3) is 0.353. The molecule has 2 amide bonds. The minimum absolute atomic E-state index is 0.0468. The number of thiazole rings is 1. The van der Waals surface area contributed by atoms with Gasteiger partial charge in [0.25, 0.3) is 5.91 Å². The highest BCUT2D eigenvalue weighted by atomic mass is 32.1. The molecule has 0 saturated carbocycles. The molecule has 3 rings (SSSR count). The van der Waals surface area contributed by atoms with Crippen LogP contribution in [0.1, 0.15) is 20.3 Å². The second kappa shape index (κ2) is 7.52. The van der Waals surface area contributed by atoms with Crippen LogP contribution in [0.25, 0.3) is 11.3 Å². The number of carbonyl (C=O) groups is 2. The van der Waals surface area contributed by atoms with Crippen molar-refractivity contribution in [2.75, 3.05) is 30.0 Å². The van der Waals surface area contributed by atoms with Gasteiger partial charge in [0.2, 0.25) is 0 Å². The van der Waals surface area contributed by atoms with Crippen LogP contribution >= 0.6 is 11.3 Å². The van der Waals surface area contributed by atoms with Gasteiger partial charge in [-0.15, -0.1) is 11.3 Å². The van der Waals surface area contributed by atoms with Gasteiger partial charge in [-0.05, 0) is 31.5 Å². The highest BCUT2D eigenvalue weighted by molar-refractivity contribution is 7.14. The normalized spacial score (nSPS) is 13.2. The monoisotopic (exact) mass is 361 g/mol. The maximum atomic E-state index is 12.1. The van der Waals surface area contributed by atoms with Crippen LogP contribution in [0.3, 0.4) is 0 Å².